The van der Waals surface area contributed by atoms with Gasteiger partial charge in [-0.05, 0) is 37.8 Å². The largest absolute Gasteiger partial charge is 0.472 e. The van der Waals surface area contributed by atoms with Crippen molar-refractivity contribution in [1.29, 1.82) is 0 Å². The fraction of sp³-hybridized carbons (Fsp3) is 0.562. The van der Waals surface area contributed by atoms with Crippen molar-refractivity contribution in [3.63, 3.8) is 0 Å². The zero-order chi connectivity index (χ0) is 12.4. The fourth-order valence-electron chi connectivity index (χ4n) is 3.34. The number of hydrogen-bond donors (Lipinski definition) is 0. The maximum atomic E-state index is 6.16. The molecule has 0 spiro atoms. The average molecular weight is 243 g/mol. The second-order valence-electron chi connectivity index (χ2n) is 5.49. The SMILES string of the molecule is CCC[C@@]12CCCC[C@@H]1OC(c1ccccc1)=N2. The van der Waals surface area contributed by atoms with Gasteiger partial charge in [0.05, 0.1) is 0 Å². The lowest BCUT2D eigenvalue weighted by Gasteiger charge is -2.35. The van der Waals surface area contributed by atoms with Crippen LogP contribution < -0.4 is 0 Å². The molecule has 2 aliphatic rings. The first kappa shape index (κ1) is 11.8. The Morgan fingerprint density at radius 3 is 2.89 bits per heavy atom. The van der Waals surface area contributed by atoms with E-state index in [1.807, 2.05) is 6.07 Å². The monoisotopic (exact) mass is 243 g/mol. The van der Waals surface area contributed by atoms with Crippen LogP contribution in [0.5, 0.6) is 0 Å². The summed E-state index contributed by atoms with van der Waals surface area (Å²) in [6.45, 7) is 2.25. The second-order valence-corrected chi connectivity index (χ2v) is 5.49. The third-order valence-corrected chi connectivity index (χ3v) is 4.21. The van der Waals surface area contributed by atoms with Gasteiger partial charge in [0.15, 0.2) is 0 Å². The van der Waals surface area contributed by atoms with Crippen LogP contribution >= 0.6 is 0 Å². The lowest BCUT2D eigenvalue weighted by Crippen LogP contribution is -2.40. The van der Waals surface area contributed by atoms with E-state index in [4.69, 9.17) is 9.73 Å². The van der Waals surface area contributed by atoms with Crippen molar-refractivity contribution < 1.29 is 4.74 Å². The van der Waals surface area contributed by atoms with E-state index in [2.05, 4.69) is 31.2 Å². The van der Waals surface area contributed by atoms with Gasteiger partial charge in [0, 0.05) is 5.56 Å². The van der Waals surface area contributed by atoms with E-state index in [1.165, 1.54) is 32.1 Å². The molecule has 0 aromatic heterocycles. The molecule has 2 heteroatoms. The summed E-state index contributed by atoms with van der Waals surface area (Å²) in [5.74, 6) is 0.871. The van der Waals surface area contributed by atoms with E-state index in [1.54, 1.807) is 0 Å². The minimum Gasteiger partial charge on any atom is -0.472 e. The quantitative estimate of drug-likeness (QED) is 0.787. The molecule has 1 saturated carbocycles. The summed E-state index contributed by atoms with van der Waals surface area (Å²) in [6.07, 6.45) is 7.61. The van der Waals surface area contributed by atoms with Crippen LogP contribution in [0.2, 0.25) is 0 Å². The molecule has 1 fully saturated rings. The zero-order valence-corrected chi connectivity index (χ0v) is 11.1. The minimum absolute atomic E-state index is 0.0815. The van der Waals surface area contributed by atoms with E-state index in [9.17, 15) is 0 Å². The molecule has 2 nitrogen and oxygen atoms in total. The van der Waals surface area contributed by atoms with Crippen LogP contribution in [0.15, 0.2) is 35.3 Å². The molecule has 0 bridgehead atoms. The molecule has 0 unspecified atom stereocenters. The Hall–Kier alpha value is -1.31. The maximum absolute atomic E-state index is 6.16. The minimum atomic E-state index is 0.0815. The second kappa shape index (κ2) is 4.75. The van der Waals surface area contributed by atoms with E-state index >= 15 is 0 Å². The zero-order valence-electron chi connectivity index (χ0n) is 11.1. The predicted molar refractivity (Wildman–Crippen MR) is 74.0 cm³/mol. The third kappa shape index (κ3) is 1.94. The first-order valence-corrected chi connectivity index (χ1v) is 7.16. The molecular formula is C16H21NO. The van der Waals surface area contributed by atoms with Gasteiger partial charge in [-0.2, -0.15) is 0 Å². The van der Waals surface area contributed by atoms with Gasteiger partial charge in [0.2, 0.25) is 5.90 Å². The van der Waals surface area contributed by atoms with E-state index in [-0.39, 0.29) is 5.54 Å². The van der Waals surface area contributed by atoms with Crippen molar-refractivity contribution in [2.45, 2.75) is 57.1 Å². The normalized spacial score (nSPS) is 30.5. The van der Waals surface area contributed by atoms with Crippen molar-refractivity contribution in [2.75, 3.05) is 0 Å². The van der Waals surface area contributed by atoms with Gasteiger partial charge in [-0.1, -0.05) is 38.0 Å². The number of fused-ring (bicyclic) bond motifs is 1. The van der Waals surface area contributed by atoms with Gasteiger partial charge in [0.25, 0.3) is 0 Å². The standard InChI is InChI=1S/C16H21NO/c1-2-11-16-12-7-6-10-14(16)18-15(17-16)13-8-4-3-5-9-13/h3-5,8-9,14H,2,6-7,10-12H2,1H3/t14-,16+/m0/s1. The van der Waals surface area contributed by atoms with Crippen molar-refractivity contribution >= 4 is 5.90 Å². The lowest BCUT2D eigenvalue weighted by molar-refractivity contribution is 0.0871. The van der Waals surface area contributed by atoms with Crippen LogP contribution in [-0.2, 0) is 4.74 Å². The summed E-state index contributed by atoms with van der Waals surface area (Å²) < 4.78 is 6.16. The topological polar surface area (TPSA) is 21.6 Å². The van der Waals surface area contributed by atoms with Crippen molar-refractivity contribution in [3.05, 3.63) is 35.9 Å². The Labute approximate surface area is 109 Å². The average Bonchev–Trinajstić information content (AvgIpc) is 2.79. The number of hydrogen-bond acceptors (Lipinski definition) is 2. The van der Waals surface area contributed by atoms with Gasteiger partial charge < -0.3 is 4.74 Å². The summed E-state index contributed by atoms with van der Waals surface area (Å²) in [5.41, 5.74) is 1.21. The van der Waals surface area contributed by atoms with Crippen LogP contribution in [0.3, 0.4) is 0 Å². The van der Waals surface area contributed by atoms with Crippen LogP contribution in [0.25, 0.3) is 0 Å². The molecule has 0 saturated heterocycles. The van der Waals surface area contributed by atoms with Crippen LogP contribution in [-0.4, -0.2) is 17.5 Å². The molecule has 0 radical (unpaired) electrons. The summed E-state index contributed by atoms with van der Waals surface area (Å²) in [4.78, 5) is 5.00. The summed E-state index contributed by atoms with van der Waals surface area (Å²) in [5, 5.41) is 0. The highest BCUT2D eigenvalue weighted by molar-refractivity contribution is 5.95. The lowest BCUT2D eigenvalue weighted by atomic mass is 9.77. The van der Waals surface area contributed by atoms with Gasteiger partial charge in [-0.15, -0.1) is 0 Å². The number of benzene rings is 1. The Bertz CT molecular complexity index is 436. The summed E-state index contributed by atoms with van der Waals surface area (Å²) in [7, 11) is 0. The highest BCUT2D eigenvalue weighted by Crippen LogP contribution is 2.42. The first-order valence-electron chi connectivity index (χ1n) is 7.16. The molecule has 1 aliphatic heterocycles. The van der Waals surface area contributed by atoms with Crippen LogP contribution in [0.1, 0.15) is 51.0 Å². The third-order valence-electron chi connectivity index (χ3n) is 4.21. The molecule has 0 amide bonds. The predicted octanol–water partition coefficient (Wildman–Crippen LogP) is 3.94. The molecule has 96 valence electrons. The summed E-state index contributed by atoms with van der Waals surface area (Å²) >= 11 is 0. The molecule has 1 aliphatic carbocycles. The number of ether oxygens (including phenoxy) is 1. The van der Waals surface area contributed by atoms with Crippen molar-refractivity contribution in [1.82, 2.24) is 0 Å². The Morgan fingerprint density at radius 2 is 2.11 bits per heavy atom. The first-order chi connectivity index (χ1) is 8.84. The molecule has 3 rings (SSSR count). The van der Waals surface area contributed by atoms with Crippen LogP contribution in [0.4, 0.5) is 0 Å². The van der Waals surface area contributed by atoms with E-state index in [0.29, 0.717) is 6.10 Å². The molecule has 1 heterocycles. The van der Waals surface area contributed by atoms with Gasteiger partial charge >= 0.3 is 0 Å². The Kier molecular flexibility index (Phi) is 3.11. The van der Waals surface area contributed by atoms with Crippen LogP contribution in [0, 0.1) is 0 Å². The highest BCUT2D eigenvalue weighted by Gasteiger charge is 2.46. The van der Waals surface area contributed by atoms with E-state index < -0.39 is 0 Å². The molecule has 0 N–H and O–H groups in total. The Balaban J connectivity index is 1.92. The summed E-state index contributed by atoms with van der Waals surface area (Å²) in [6, 6.07) is 10.3. The maximum Gasteiger partial charge on any atom is 0.217 e. The molecule has 1 aromatic rings. The Morgan fingerprint density at radius 1 is 1.28 bits per heavy atom. The van der Waals surface area contributed by atoms with Crippen molar-refractivity contribution in [2.24, 2.45) is 4.99 Å². The van der Waals surface area contributed by atoms with E-state index in [0.717, 1.165) is 17.9 Å². The van der Waals surface area contributed by atoms with Gasteiger partial charge in [0.1, 0.15) is 11.6 Å². The van der Waals surface area contributed by atoms with Gasteiger partial charge in [-0.3, -0.25) is 0 Å². The number of aliphatic imine (C=N–C) groups is 1. The highest BCUT2D eigenvalue weighted by atomic mass is 16.5. The number of nitrogens with zero attached hydrogens (tertiary/aromatic N) is 1. The molecule has 2 atom stereocenters. The number of rotatable bonds is 3. The fourth-order valence-corrected chi connectivity index (χ4v) is 3.34. The van der Waals surface area contributed by atoms with Gasteiger partial charge in [-0.25, -0.2) is 4.99 Å². The smallest absolute Gasteiger partial charge is 0.217 e. The molecular weight excluding hydrogens is 222 g/mol. The van der Waals surface area contributed by atoms with Crippen molar-refractivity contribution in [3.8, 4) is 0 Å². The molecule has 1 aromatic carbocycles. The molecule has 18 heavy (non-hydrogen) atoms.